The summed E-state index contributed by atoms with van der Waals surface area (Å²) < 4.78 is 26.1. The van der Waals surface area contributed by atoms with E-state index >= 15 is 0 Å². The van der Waals surface area contributed by atoms with E-state index in [9.17, 15) is 8.42 Å². The molecule has 0 amide bonds. The normalized spacial score (nSPS) is 11.7. The summed E-state index contributed by atoms with van der Waals surface area (Å²) in [5.74, 6) is 1.49. The second-order valence-corrected chi connectivity index (χ2v) is 6.78. The minimum absolute atomic E-state index is 0.104. The van der Waals surface area contributed by atoms with Gasteiger partial charge in [0.05, 0.1) is 0 Å². The number of halogens is 1. The first-order chi connectivity index (χ1) is 8.56. The first-order valence-corrected chi connectivity index (χ1v) is 8.37. The van der Waals surface area contributed by atoms with Crippen LogP contribution in [0.2, 0.25) is 5.15 Å². The van der Waals surface area contributed by atoms with Crippen molar-refractivity contribution in [3.63, 3.8) is 0 Å². The van der Waals surface area contributed by atoms with E-state index < -0.39 is 10.0 Å². The SMILES string of the molecule is O=S(=O)(NCCSCCCO)c1ccc(Cl)nc1. The van der Waals surface area contributed by atoms with Gasteiger partial charge in [0.25, 0.3) is 0 Å². The van der Waals surface area contributed by atoms with Gasteiger partial charge < -0.3 is 5.11 Å². The van der Waals surface area contributed by atoms with Gasteiger partial charge in [0.2, 0.25) is 10.0 Å². The molecule has 8 heteroatoms. The Hall–Kier alpha value is -0.340. The molecule has 0 fully saturated rings. The van der Waals surface area contributed by atoms with Gasteiger partial charge in [0.1, 0.15) is 10.0 Å². The fourth-order valence-corrected chi connectivity index (χ4v) is 3.12. The lowest BCUT2D eigenvalue weighted by atomic mass is 10.5. The summed E-state index contributed by atoms with van der Waals surface area (Å²) in [4.78, 5) is 3.83. The van der Waals surface area contributed by atoms with Crippen LogP contribution in [0, 0.1) is 0 Å². The van der Waals surface area contributed by atoms with Crippen molar-refractivity contribution >= 4 is 33.4 Å². The lowest BCUT2D eigenvalue weighted by Gasteiger charge is -2.06. The maximum atomic E-state index is 11.8. The van der Waals surface area contributed by atoms with Crippen LogP contribution in [-0.2, 0) is 10.0 Å². The fourth-order valence-electron chi connectivity index (χ4n) is 1.12. The summed E-state index contributed by atoms with van der Waals surface area (Å²) in [6.07, 6.45) is 1.95. The van der Waals surface area contributed by atoms with Gasteiger partial charge in [-0.1, -0.05) is 11.6 Å². The maximum absolute atomic E-state index is 11.8. The molecule has 0 aromatic carbocycles. The quantitative estimate of drug-likeness (QED) is 0.556. The van der Waals surface area contributed by atoms with Gasteiger partial charge in [-0.05, 0) is 24.3 Å². The van der Waals surface area contributed by atoms with Crippen LogP contribution in [0.3, 0.4) is 0 Å². The van der Waals surface area contributed by atoms with E-state index in [4.69, 9.17) is 16.7 Å². The van der Waals surface area contributed by atoms with Gasteiger partial charge in [-0.3, -0.25) is 0 Å². The van der Waals surface area contributed by atoms with Crippen LogP contribution in [0.5, 0.6) is 0 Å². The summed E-state index contributed by atoms with van der Waals surface area (Å²) in [5.41, 5.74) is 0. The number of hydrogen-bond acceptors (Lipinski definition) is 5. The van der Waals surface area contributed by atoms with E-state index in [-0.39, 0.29) is 16.7 Å². The van der Waals surface area contributed by atoms with Crippen molar-refractivity contribution in [1.82, 2.24) is 9.71 Å². The molecule has 18 heavy (non-hydrogen) atoms. The molecular formula is C10H15ClN2O3S2. The van der Waals surface area contributed by atoms with E-state index in [0.717, 1.165) is 12.2 Å². The molecule has 2 N–H and O–H groups in total. The zero-order valence-corrected chi connectivity index (χ0v) is 12.1. The van der Waals surface area contributed by atoms with Crippen LogP contribution < -0.4 is 4.72 Å². The third-order valence-corrected chi connectivity index (χ3v) is 4.74. The number of nitrogens with zero attached hydrogens (tertiary/aromatic N) is 1. The Morgan fingerprint density at radius 2 is 2.17 bits per heavy atom. The first kappa shape index (κ1) is 15.7. The standard InChI is InChI=1S/C10H15ClN2O3S2/c11-10-3-2-9(8-12-10)18(15,16)13-4-7-17-6-1-5-14/h2-3,8,13-14H,1,4-7H2. The second-order valence-electron chi connectivity index (χ2n) is 3.40. The van der Waals surface area contributed by atoms with E-state index in [1.54, 1.807) is 11.8 Å². The summed E-state index contributed by atoms with van der Waals surface area (Å²) >= 11 is 7.18. The average Bonchev–Trinajstić information content (AvgIpc) is 2.34. The van der Waals surface area contributed by atoms with Crippen molar-refractivity contribution < 1.29 is 13.5 Å². The van der Waals surface area contributed by atoms with Crippen LogP contribution in [-0.4, -0.2) is 43.2 Å². The number of pyridine rings is 1. The molecule has 1 aromatic rings. The highest BCUT2D eigenvalue weighted by Crippen LogP contribution is 2.10. The Labute approximate surface area is 116 Å². The second kappa shape index (κ2) is 7.96. The maximum Gasteiger partial charge on any atom is 0.242 e. The third kappa shape index (κ3) is 5.53. The monoisotopic (exact) mass is 310 g/mol. The van der Waals surface area contributed by atoms with Crippen molar-refractivity contribution in [1.29, 1.82) is 0 Å². The van der Waals surface area contributed by atoms with E-state index in [0.29, 0.717) is 12.3 Å². The van der Waals surface area contributed by atoms with Gasteiger partial charge in [0, 0.05) is 25.1 Å². The van der Waals surface area contributed by atoms with Crippen molar-refractivity contribution in [3.05, 3.63) is 23.5 Å². The van der Waals surface area contributed by atoms with Crippen LogP contribution in [0.15, 0.2) is 23.2 Å². The minimum atomic E-state index is -3.50. The van der Waals surface area contributed by atoms with Crippen molar-refractivity contribution in [2.24, 2.45) is 0 Å². The van der Waals surface area contributed by atoms with Crippen LogP contribution in [0.25, 0.3) is 0 Å². The van der Waals surface area contributed by atoms with Crippen LogP contribution in [0.4, 0.5) is 0 Å². The molecule has 5 nitrogen and oxygen atoms in total. The molecule has 0 atom stereocenters. The highest BCUT2D eigenvalue weighted by molar-refractivity contribution is 7.99. The summed E-state index contributed by atoms with van der Waals surface area (Å²) in [6.45, 7) is 0.510. The van der Waals surface area contributed by atoms with E-state index in [1.165, 1.54) is 18.3 Å². The number of sulfonamides is 1. The number of aromatic nitrogens is 1. The first-order valence-electron chi connectivity index (χ1n) is 5.36. The highest BCUT2D eigenvalue weighted by Gasteiger charge is 2.13. The van der Waals surface area contributed by atoms with Crippen molar-refractivity contribution in [2.45, 2.75) is 11.3 Å². The zero-order chi connectivity index (χ0) is 13.4. The molecule has 0 spiro atoms. The number of rotatable bonds is 8. The zero-order valence-electron chi connectivity index (χ0n) is 9.67. The Morgan fingerprint density at radius 3 is 2.78 bits per heavy atom. The molecule has 102 valence electrons. The number of aliphatic hydroxyl groups is 1. The van der Waals surface area contributed by atoms with Crippen LogP contribution >= 0.6 is 23.4 Å². The lowest BCUT2D eigenvalue weighted by molar-refractivity contribution is 0.296. The highest BCUT2D eigenvalue weighted by atomic mass is 35.5. The molecular weight excluding hydrogens is 296 g/mol. The van der Waals surface area contributed by atoms with Crippen LogP contribution in [0.1, 0.15) is 6.42 Å². The fraction of sp³-hybridized carbons (Fsp3) is 0.500. The number of aliphatic hydroxyl groups excluding tert-OH is 1. The molecule has 1 aromatic heterocycles. The number of nitrogens with one attached hydrogen (secondary N) is 1. The van der Waals surface area contributed by atoms with Gasteiger partial charge in [0.15, 0.2) is 0 Å². The third-order valence-electron chi connectivity index (χ3n) is 2.00. The van der Waals surface area contributed by atoms with Crippen molar-refractivity contribution in [3.8, 4) is 0 Å². The number of hydrogen-bond donors (Lipinski definition) is 2. The Balaban J connectivity index is 2.38. The number of thioether (sulfide) groups is 1. The molecule has 0 unspecified atom stereocenters. The van der Waals surface area contributed by atoms with E-state index in [2.05, 4.69) is 9.71 Å². The average molecular weight is 311 g/mol. The molecule has 0 bridgehead atoms. The van der Waals surface area contributed by atoms with Gasteiger partial charge >= 0.3 is 0 Å². The summed E-state index contributed by atoms with van der Waals surface area (Å²) in [6, 6.07) is 2.85. The molecule has 0 aliphatic rings. The molecule has 1 rings (SSSR count). The van der Waals surface area contributed by atoms with Gasteiger partial charge in [-0.25, -0.2) is 18.1 Å². The van der Waals surface area contributed by atoms with Gasteiger partial charge in [-0.2, -0.15) is 11.8 Å². The van der Waals surface area contributed by atoms with Gasteiger partial charge in [-0.15, -0.1) is 0 Å². The predicted octanol–water partition coefficient (Wildman–Crippen LogP) is 1.13. The van der Waals surface area contributed by atoms with Crippen molar-refractivity contribution in [2.75, 3.05) is 24.7 Å². The molecule has 1 heterocycles. The largest absolute Gasteiger partial charge is 0.396 e. The Bertz CT molecular complexity index is 451. The molecule has 0 saturated carbocycles. The Morgan fingerprint density at radius 1 is 1.39 bits per heavy atom. The topological polar surface area (TPSA) is 79.3 Å². The smallest absolute Gasteiger partial charge is 0.242 e. The molecule has 0 radical (unpaired) electrons. The Kier molecular flexibility index (Phi) is 6.95. The predicted molar refractivity (Wildman–Crippen MR) is 73.5 cm³/mol. The molecule has 0 aliphatic carbocycles. The molecule has 0 aliphatic heterocycles. The molecule has 0 saturated heterocycles. The summed E-state index contributed by atoms with van der Waals surface area (Å²) in [5, 5.41) is 8.84. The minimum Gasteiger partial charge on any atom is -0.396 e. The van der Waals surface area contributed by atoms with E-state index in [1.807, 2.05) is 0 Å². The lowest BCUT2D eigenvalue weighted by Crippen LogP contribution is -2.26. The summed E-state index contributed by atoms with van der Waals surface area (Å²) in [7, 11) is -3.50.